The molecule has 0 aliphatic heterocycles. The number of carbonyl (C=O) groups excluding carboxylic acids is 1. The van der Waals surface area contributed by atoms with Crippen molar-refractivity contribution in [3.05, 3.63) is 69.5 Å². The summed E-state index contributed by atoms with van der Waals surface area (Å²) in [5, 5.41) is 6.01. The zero-order valence-corrected chi connectivity index (χ0v) is 14.1. The standard InChI is InChI=1S/C17H14BrNO2S/c18-15-8-4-7-14-13(11-22-16(14)15)9-19-17(20)21-10-12-5-2-1-3-6-12/h1-8,11H,9-10H2,(H,19,20). The van der Waals surface area contributed by atoms with Crippen LogP contribution >= 0.6 is 27.3 Å². The average molecular weight is 376 g/mol. The fraction of sp³-hybridized carbons (Fsp3) is 0.118. The molecule has 0 aliphatic carbocycles. The lowest BCUT2D eigenvalue weighted by Gasteiger charge is -2.07. The molecule has 5 heteroatoms. The summed E-state index contributed by atoms with van der Waals surface area (Å²) < 4.78 is 7.47. The second-order valence-electron chi connectivity index (χ2n) is 4.79. The van der Waals surface area contributed by atoms with Crippen LogP contribution in [0.2, 0.25) is 0 Å². The number of halogens is 1. The average Bonchev–Trinajstić information content (AvgIpc) is 2.96. The van der Waals surface area contributed by atoms with Gasteiger partial charge in [-0.15, -0.1) is 11.3 Å². The maximum Gasteiger partial charge on any atom is 0.407 e. The minimum Gasteiger partial charge on any atom is -0.445 e. The molecule has 0 aliphatic rings. The Balaban J connectivity index is 1.57. The maximum atomic E-state index is 11.8. The topological polar surface area (TPSA) is 38.3 Å². The molecule has 0 spiro atoms. The molecule has 0 unspecified atom stereocenters. The van der Waals surface area contributed by atoms with Crippen molar-refractivity contribution in [2.45, 2.75) is 13.2 Å². The highest BCUT2D eigenvalue weighted by molar-refractivity contribution is 9.10. The fourth-order valence-electron chi connectivity index (χ4n) is 2.15. The predicted molar refractivity (Wildman–Crippen MR) is 93.0 cm³/mol. The van der Waals surface area contributed by atoms with E-state index in [0.29, 0.717) is 6.54 Å². The van der Waals surface area contributed by atoms with Crippen molar-refractivity contribution in [3.63, 3.8) is 0 Å². The number of nitrogens with one attached hydrogen (secondary N) is 1. The number of carbonyl (C=O) groups is 1. The molecule has 3 aromatic rings. The number of amides is 1. The van der Waals surface area contributed by atoms with Crippen LogP contribution in [0.5, 0.6) is 0 Å². The number of thiophene rings is 1. The molecule has 3 rings (SSSR count). The summed E-state index contributed by atoms with van der Waals surface area (Å²) in [6.07, 6.45) is -0.404. The van der Waals surface area contributed by atoms with Crippen molar-refractivity contribution >= 4 is 43.4 Å². The molecule has 0 atom stereocenters. The minimum atomic E-state index is -0.404. The first-order valence-corrected chi connectivity index (χ1v) is 8.50. The molecular weight excluding hydrogens is 362 g/mol. The molecule has 1 amide bonds. The number of alkyl carbamates (subject to hydrolysis) is 1. The van der Waals surface area contributed by atoms with Crippen molar-refractivity contribution in [1.82, 2.24) is 5.32 Å². The number of rotatable bonds is 4. The zero-order valence-electron chi connectivity index (χ0n) is 11.7. The van der Waals surface area contributed by atoms with Crippen molar-refractivity contribution in [1.29, 1.82) is 0 Å². The predicted octanol–water partition coefficient (Wildman–Crippen LogP) is 5.09. The van der Waals surface area contributed by atoms with Gasteiger partial charge < -0.3 is 10.1 Å². The highest BCUT2D eigenvalue weighted by Crippen LogP contribution is 2.32. The van der Waals surface area contributed by atoms with E-state index in [9.17, 15) is 4.79 Å². The van der Waals surface area contributed by atoms with Crippen LogP contribution in [0.3, 0.4) is 0 Å². The van der Waals surface area contributed by atoms with Gasteiger partial charge in [0.1, 0.15) is 6.61 Å². The van der Waals surface area contributed by atoms with Crippen LogP contribution in [0.1, 0.15) is 11.1 Å². The lowest BCUT2D eigenvalue weighted by molar-refractivity contribution is 0.139. The fourth-order valence-corrected chi connectivity index (χ4v) is 3.78. The van der Waals surface area contributed by atoms with E-state index >= 15 is 0 Å². The second-order valence-corrected chi connectivity index (χ2v) is 6.53. The van der Waals surface area contributed by atoms with Gasteiger partial charge in [0.15, 0.2) is 0 Å². The van der Waals surface area contributed by atoms with Crippen LogP contribution in [0, 0.1) is 0 Å². The van der Waals surface area contributed by atoms with Crippen LogP contribution < -0.4 is 5.32 Å². The van der Waals surface area contributed by atoms with Gasteiger partial charge in [0.2, 0.25) is 0 Å². The Labute approximate surface area is 141 Å². The van der Waals surface area contributed by atoms with Crippen molar-refractivity contribution < 1.29 is 9.53 Å². The summed E-state index contributed by atoms with van der Waals surface area (Å²) >= 11 is 5.20. The summed E-state index contributed by atoms with van der Waals surface area (Å²) in [4.78, 5) is 11.8. The molecule has 0 saturated carbocycles. The number of hydrogen-bond donors (Lipinski definition) is 1. The quantitative estimate of drug-likeness (QED) is 0.689. The van der Waals surface area contributed by atoms with E-state index in [1.165, 1.54) is 4.70 Å². The third kappa shape index (κ3) is 3.48. The van der Waals surface area contributed by atoms with Gasteiger partial charge in [-0.3, -0.25) is 0 Å². The SMILES string of the molecule is O=C(NCc1csc2c(Br)cccc12)OCc1ccccc1. The summed E-state index contributed by atoms with van der Waals surface area (Å²) in [6.45, 7) is 0.743. The summed E-state index contributed by atoms with van der Waals surface area (Å²) in [7, 11) is 0. The van der Waals surface area contributed by atoms with E-state index in [-0.39, 0.29) is 6.61 Å². The van der Waals surface area contributed by atoms with Crippen molar-refractivity contribution in [3.8, 4) is 0 Å². The molecule has 0 bridgehead atoms. The third-order valence-corrected chi connectivity index (χ3v) is 5.27. The Morgan fingerprint density at radius 1 is 1.14 bits per heavy atom. The van der Waals surface area contributed by atoms with Gasteiger partial charge >= 0.3 is 6.09 Å². The lowest BCUT2D eigenvalue weighted by Crippen LogP contribution is -2.23. The maximum absolute atomic E-state index is 11.8. The lowest BCUT2D eigenvalue weighted by atomic mass is 10.2. The Morgan fingerprint density at radius 2 is 1.95 bits per heavy atom. The molecule has 0 radical (unpaired) electrons. The normalized spacial score (nSPS) is 10.6. The minimum absolute atomic E-state index is 0.280. The van der Waals surface area contributed by atoms with Crippen molar-refractivity contribution in [2.75, 3.05) is 0 Å². The molecular formula is C17H14BrNO2S. The van der Waals surface area contributed by atoms with Gasteiger partial charge in [0, 0.05) is 15.7 Å². The largest absolute Gasteiger partial charge is 0.445 e. The van der Waals surface area contributed by atoms with Gasteiger partial charge in [0.25, 0.3) is 0 Å². The Bertz CT molecular complexity index is 786. The molecule has 3 nitrogen and oxygen atoms in total. The van der Waals surface area contributed by atoms with Gasteiger partial charge in [-0.25, -0.2) is 4.79 Å². The van der Waals surface area contributed by atoms with E-state index in [2.05, 4.69) is 32.7 Å². The van der Waals surface area contributed by atoms with Crippen molar-refractivity contribution in [2.24, 2.45) is 0 Å². The monoisotopic (exact) mass is 375 g/mol. The first-order chi connectivity index (χ1) is 10.7. The Kier molecular flexibility index (Phi) is 4.75. The molecule has 0 fully saturated rings. The molecule has 0 saturated heterocycles. The summed E-state index contributed by atoms with van der Waals surface area (Å²) in [6, 6.07) is 15.7. The first kappa shape index (κ1) is 15.1. The zero-order chi connectivity index (χ0) is 15.4. The number of hydrogen-bond acceptors (Lipinski definition) is 3. The van der Waals surface area contributed by atoms with E-state index in [4.69, 9.17) is 4.74 Å². The molecule has 22 heavy (non-hydrogen) atoms. The van der Waals surface area contributed by atoms with Gasteiger partial charge in [0.05, 0.1) is 0 Å². The highest BCUT2D eigenvalue weighted by atomic mass is 79.9. The first-order valence-electron chi connectivity index (χ1n) is 6.83. The third-order valence-electron chi connectivity index (χ3n) is 3.27. The number of fused-ring (bicyclic) bond motifs is 1. The van der Waals surface area contributed by atoms with Crippen LogP contribution in [0.25, 0.3) is 10.1 Å². The van der Waals surface area contributed by atoms with Gasteiger partial charge in [-0.2, -0.15) is 0 Å². The number of benzene rings is 2. The summed E-state index contributed by atoms with van der Waals surface area (Å²) in [5.41, 5.74) is 2.07. The van der Waals surface area contributed by atoms with Gasteiger partial charge in [-0.05, 0) is 43.9 Å². The second kappa shape index (κ2) is 6.94. The van der Waals surface area contributed by atoms with E-state index in [1.54, 1.807) is 11.3 Å². The van der Waals surface area contributed by atoms with Crippen LogP contribution in [-0.2, 0) is 17.9 Å². The molecule has 1 heterocycles. The smallest absolute Gasteiger partial charge is 0.407 e. The molecule has 1 aromatic heterocycles. The van der Waals surface area contributed by atoms with Crippen LogP contribution in [-0.4, -0.2) is 6.09 Å². The van der Waals surface area contributed by atoms with E-state index in [1.807, 2.05) is 42.5 Å². The van der Waals surface area contributed by atoms with Crippen LogP contribution in [0.15, 0.2) is 58.4 Å². The van der Waals surface area contributed by atoms with Crippen LogP contribution in [0.4, 0.5) is 4.79 Å². The molecule has 2 aromatic carbocycles. The number of ether oxygens (including phenoxy) is 1. The Hall–Kier alpha value is -1.85. The highest BCUT2D eigenvalue weighted by Gasteiger charge is 2.08. The molecule has 1 N–H and O–H groups in total. The van der Waals surface area contributed by atoms with E-state index in [0.717, 1.165) is 21.0 Å². The summed E-state index contributed by atoms with van der Waals surface area (Å²) in [5.74, 6) is 0. The molecule has 112 valence electrons. The Morgan fingerprint density at radius 3 is 2.77 bits per heavy atom. The van der Waals surface area contributed by atoms with E-state index < -0.39 is 6.09 Å². The van der Waals surface area contributed by atoms with Gasteiger partial charge in [-0.1, -0.05) is 42.5 Å².